The third-order valence-corrected chi connectivity index (χ3v) is 7.77. The van der Waals surface area contributed by atoms with Crippen LogP contribution in [0.2, 0.25) is 0 Å². The van der Waals surface area contributed by atoms with Gasteiger partial charge in [-0.1, -0.05) is 30.0 Å². The summed E-state index contributed by atoms with van der Waals surface area (Å²) in [5.74, 6) is -5.58. The molecular weight excluding hydrogens is 553 g/mol. The van der Waals surface area contributed by atoms with Crippen LogP contribution >= 0.6 is 46.7 Å². The van der Waals surface area contributed by atoms with Crippen molar-refractivity contribution >= 4 is 85.7 Å². The van der Waals surface area contributed by atoms with E-state index < -0.39 is 29.3 Å². The smallest absolute Gasteiger partial charge is 0.378 e. The molecule has 2 aromatic heterocycles. The first-order chi connectivity index (χ1) is 17.1. The zero-order valence-corrected chi connectivity index (χ0v) is 21.1. The van der Waals surface area contributed by atoms with Gasteiger partial charge in [-0.3, -0.25) is 19.3 Å². The number of nitrogens with zero attached hydrogens (tertiary/aromatic N) is 2. The number of ketones is 1. The summed E-state index contributed by atoms with van der Waals surface area (Å²) in [4.78, 5) is 53.3. The molecule has 0 saturated carbocycles. The molecule has 14 heteroatoms. The zero-order chi connectivity index (χ0) is 26.0. The van der Waals surface area contributed by atoms with Gasteiger partial charge in [-0.15, -0.1) is 22.7 Å². The minimum atomic E-state index is -1.65. The number of aromatic nitrogens is 1. The van der Waals surface area contributed by atoms with E-state index in [0.29, 0.717) is 20.9 Å². The molecule has 1 aliphatic heterocycles. The highest BCUT2D eigenvalue weighted by Gasteiger charge is 2.32. The Kier molecular flexibility index (Phi) is 7.68. The highest BCUT2D eigenvalue weighted by Crippen LogP contribution is 2.35. The number of thiazole rings is 1. The molecule has 3 aromatic rings. The van der Waals surface area contributed by atoms with E-state index >= 15 is 0 Å². The standard InChI is InChI=1S/C22H13F2N3O5S4/c23-13-2-1-10(6-14(13)24)11-5-12(34-8-11)7-16-19(30)27(22(33)36-16)4-3-17(28)26-21-25-15(9-35-21)18(29)20(31)32/h1-2,5-9H,3-4H2,(H,31,32)(H,25,26,28)/b16-7-. The number of carbonyl (C=O) groups is 4. The van der Waals surface area contributed by atoms with Gasteiger partial charge in [-0.05, 0) is 40.8 Å². The molecule has 0 bridgehead atoms. The first kappa shape index (κ1) is 25.8. The minimum Gasteiger partial charge on any atom is -0.475 e. The van der Waals surface area contributed by atoms with Gasteiger partial charge in [0.25, 0.3) is 11.7 Å². The van der Waals surface area contributed by atoms with Crippen molar-refractivity contribution in [2.24, 2.45) is 0 Å². The molecule has 184 valence electrons. The van der Waals surface area contributed by atoms with Gasteiger partial charge in [0.1, 0.15) is 10.0 Å². The lowest BCUT2D eigenvalue weighted by Gasteiger charge is -2.13. The molecule has 2 N–H and O–H groups in total. The molecule has 36 heavy (non-hydrogen) atoms. The van der Waals surface area contributed by atoms with E-state index in [2.05, 4.69) is 10.3 Å². The van der Waals surface area contributed by atoms with Gasteiger partial charge in [0.2, 0.25) is 5.91 Å². The van der Waals surface area contributed by atoms with E-state index in [0.717, 1.165) is 35.2 Å². The number of rotatable bonds is 8. The van der Waals surface area contributed by atoms with E-state index in [-0.39, 0.29) is 34.0 Å². The minimum absolute atomic E-state index is 0.00464. The Hall–Kier alpha value is -3.33. The van der Waals surface area contributed by atoms with Crippen molar-refractivity contribution in [1.82, 2.24) is 9.88 Å². The number of anilines is 1. The number of carboxylic acids is 1. The molecule has 4 rings (SSSR count). The third kappa shape index (κ3) is 5.73. The number of nitrogens with one attached hydrogen (secondary N) is 1. The molecule has 1 fully saturated rings. The monoisotopic (exact) mass is 565 g/mol. The number of Topliss-reactive ketones (excluding diaryl/α,β-unsaturated/α-hetero) is 1. The molecule has 1 aromatic carbocycles. The number of hydrogen-bond donors (Lipinski definition) is 2. The Morgan fingerprint density at radius 3 is 2.61 bits per heavy atom. The summed E-state index contributed by atoms with van der Waals surface area (Å²) in [6.45, 7) is 0.00464. The lowest BCUT2D eigenvalue weighted by molar-refractivity contribution is -0.132. The van der Waals surface area contributed by atoms with Crippen molar-refractivity contribution in [2.45, 2.75) is 6.42 Å². The fourth-order valence-electron chi connectivity index (χ4n) is 3.02. The van der Waals surface area contributed by atoms with Crippen molar-refractivity contribution < 1.29 is 33.1 Å². The molecule has 8 nitrogen and oxygen atoms in total. The van der Waals surface area contributed by atoms with Gasteiger partial charge >= 0.3 is 5.97 Å². The maximum absolute atomic E-state index is 13.5. The molecule has 0 atom stereocenters. The normalized spacial score (nSPS) is 14.5. The fraction of sp³-hybridized carbons (Fsp3) is 0.0909. The number of thioether (sulfide) groups is 1. The Balaban J connectivity index is 1.36. The summed E-state index contributed by atoms with van der Waals surface area (Å²) in [5.41, 5.74) is 0.891. The number of aliphatic carboxylic acids is 1. The molecule has 2 amide bonds. The van der Waals surface area contributed by atoms with Crippen molar-refractivity contribution in [2.75, 3.05) is 11.9 Å². The summed E-state index contributed by atoms with van der Waals surface area (Å²) in [5, 5.41) is 14.2. The molecule has 0 aliphatic carbocycles. The first-order valence-electron chi connectivity index (χ1n) is 9.94. The lowest BCUT2D eigenvalue weighted by Crippen LogP contribution is -2.31. The number of carbonyl (C=O) groups excluding carboxylic acids is 3. The van der Waals surface area contributed by atoms with Crippen LogP contribution < -0.4 is 5.32 Å². The molecule has 0 radical (unpaired) electrons. The van der Waals surface area contributed by atoms with Crippen molar-refractivity contribution in [3.63, 3.8) is 0 Å². The topological polar surface area (TPSA) is 117 Å². The average Bonchev–Trinajstić information content (AvgIpc) is 3.55. The fourth-order valence-corrected chi connectivity index (χ4v) is 5.95. The lowest BCUT2D eigenvalue weighted by atomic mass is 10.1. The van der Waals surface area contributed by atoms with Crippen LogP contribution in [0.15, 0.2) is 39.9 Å². The van der Waals surface area contributed by atoms with Crippen LogP contribution in [0.1, 0.15) is 21.8 Å². The Morgan fingerprint density at radius 2 is 1.89 bits per heavy atom. The summed E-state index contributed by atoms with van der Waals surface area (Å²) in [7, 11) is 0. The van der Waals surface area contributed by atoms with E-state index in [4.69, 9.17) is 17.3 Å². The van der Waals surface area contributed by atoms with E-state index in [9.17, 15) is 28.0 Å². The quantitative estimate of drug-likeness (QED) is 0.176. The van der Waals surface area contributed by atoms with Crippen molar-refractivity contribution in [1.29, 1.82) is 0 Å². The summed E-state index contributed by atoms with van der Waals surface area (Å²) >= 11 is 8.58. The van der Waals surface area contributed by atoms with Crippen LogP contribution in [0.5, 0.6) is 0 Å². The Morgan fingerprint density at radius 1 is 1.11 bits per heavy atom. The highest BCUT2D eigenvalue weighted by molar-refractivity contribution is 8.26. The molecule has 0 spiro atoms. The van der Waals surface area contributed by atoms with Crippen LogP contribution in [-0.2, 0) is 14.4 Å². The number of thiophene rings is 1. The van der Waals surface area contributed by atoms with Crippen LogP contribution in [0.4, 0.5) is 13.9 Å². The predicted octanol–water partition coefficient (Wildman–Crippen LogP) is 4.65. The van der Waals surface area contributed by atoms with Crippen LogP contribution in [0.25, 0.3) is 17.2 Å². The highest BCUT2D eigenvalue weighted by atomic mass is 32.2. The number of carboxylic acid groups (broad SMARTS) is 1. The number of thiocarbonyl (C=S) groups is 1. The summed E-state index contributed by atoms with van der Waals surface area (Å²) in [6.07, 6.45) is 1.53. The molecule has 0 unspecified atom stereocenters. The third-order valence-electron chi connectivity index (χ3n) is 4.76. The average molecular weight is 566 g/mol. The second kappa shape index (κ2) is 10.7. The maximum Gasteiger partial charge on any atom is 0.378 e. The van der Waals surface area contributed by atoms with E-state index in [1.807, 2.05) is 0 Å². The molecule has 1 aliphatic rings. The summed E-state index contributed by atoms with van der Waals surface area (Å²) < 4.78 is 27.0. The van der Waals surface area contributed by atoms with E-state index in [1.54, 1.807) is 17.5 Å². The van der Waals surface area contributed by atoms with E-state index in [1.165, 1.54) is 27.7 Å². The SMILES string of the molecule is O=C(CCN1C(=O)/C(=C/c2cc(-c3ccc(F)c(F)c3)cs2)SC1=S)Nc1nc(C(=O)C(=O)O)cs1. The Labute approximate surface area is 219 Å². The second-order valence-corrected chi connectivity index (χ2v) is 10.6. The number of benzene rings is 1. The maximum atomic E-state index is 13.5. The van der Waals surface area contributed by atoms with Gasteiger partial charge < -0.3 is 10.4 Å². The predicted molar refractivity (Wildman–Crippen MR) is 137 cm³/mol. The summed E-state index contributed by atoms with van der Waals surface area (Å²) in [6, 6.07) is 5.36. The van der Waals surface area contributed by atoms with Crippen molar-refractivity contribution in [3.8, 4) is 11.1 Å². The van der Waals surface area contributed by atoms with Gasteiger partial charge in [-0.25, -0.2) is 18.6 Å². The Bertz CT molecular complexity index is 1450. The second-order valence-electron chi connectivity index (χ2n) is 7.17. The van der Waals surface area contributed by atoms with Crippen LogP contribution in [-0.4, -0.2) is 49.4 Å². The number of hydrogen-bond acceptors (Lipinski definition) is 9. The largest absolute Gasteiger partial charge is 0.475 e. The van der Waals surface area contributed by atoms with Gasteiger partial charge in [0.15, 0.2) is 16.8 Å². The number of halogens is 2. The van der Waals surface area contributed by atoms with Gasteiger partial charge in [0.05, 0.1) is 4.91 Å². The van der Waals surface area contributed by atoms with Crippen LogP contribution in [0, 0.1) is 11.6 Å². The molecular formula is C22H13F2N3O5S4. The molecule has 1 saturated heterocycles. The van der Waals surface area contributed by atoms with Gasteiger partial charge in [-0.2, -0.15) is 0 Å². The zero-order valence-electron chi connectivity index (χ0n) is 17.8. The molecule has 3 heterocycles. The van der Waals surface area contributed by atoms with Crippen molar-refractivity contribution in [3.05, 3.63) is 62.1 Å². The number of amides is 2. The van der Waals surface area contributed by atoms with Crippen LogP contribution in [0.3, 0.4) is 0 Å². The first-order valence-corrected chi connectivity index (χ1v) is 12.9. The van der Waals surface area contributed by atoms with Gasteiger partial charge in [0, 0.05) is 23.2 Å².